The van der Waals surface area contributed by atoms with E-state index >= 15 is 0 Å². The maximum Gasteiger partial charge on any atom is 0.311 e. The van der Waals surface area contributed by atoms with Crippen LogP contribution in [-0.4, -0.2) is 39.1 Å². The number of nitrogens with one attached hydrogen (secondary N) is 2. The van der Waals surface area contributed by atoms with Gasteiger partial charge in [-0.25, -0.2) is 4.52 Å². The summed E-state index contributed by atoms with van der Waals surface area (Å²) in [5.74, 6) is 0.778. The Bertz CT molecular complexity index is 906. The van der Waals surface area contributed by atoms with Crippen LogP contribution in [0, 0.1) is 17.8 Å². The second-order valence-electron chi connectivity index (χ2n) is 7.59. The fraction of sp³-hybridized carbons (Fsp3) is 0.579. The molecule has 3 aliphatic rings. The molecule has 0 radical (unpaired) electrons. The topological polar surface area (TPSA) is 97.6 Å². The van der Waals surface area contributed by atoms with E-state index in [-0.39, 0.29) is 29.1 Å². The van der Waals surface area contributed by atoms with Gasteiger partial charge in [-0.05, 0) is 62.1 Å². The smallest absolute Gasteiger partial charge is 0.311 e. The minimum absolute atomic E-state index is 0.0552. The molecule has 1 amide bonds. The lowest BCUT2D eigenvalue weighted by molar-refractivity contribution is -0.154. The highest BCUT2D eigenvalue weighted by atomic mass is 35.5. The zero-order valence-electron chi connectivity index (χ0n) is 15.9. The van der Waals surface area contributed by atoms with Crippen LogP contribution >= 0.6 is 11.6 Å². The van der Waals surface area contributed by atoms with Crippen LogP contribution in [-0.2, 0) is 14.3 Å². The lowest BCUT2D eigenvalue weighted by atomic mass is 9.61. The van der Waals surface area contributed by atoms with Gasteiger partial charge in [0.25, 0.3) is 0 Å². The fourth-order valence-corrected chi connectivity index (χ4v) is 4.91. The molecule has 3 fully saturated rings. The van der Waals surface area contributed by atoms with Crippen molar-refractivity contribution in [1.82, 2.24) is 14.6 Å². The number of carbonyl (C=O) groups excluding carboxylic acids is 2. The number of amides is 1. The molecule has 0 saturated heterocycles. The Labute approximate surface area is 168 Å². The first kappa shape index (κ1) is 19.0. The van der Waals surface area contributed by atoms with E-state index in [1.54, 1.807) is 16.8 Å². The van der Waals surface area contributed by atoms with Crippen molar-refractivity contribution in [3.63, 3.8) is 0 Å². The maximum absolute atomic E-state index is 12.7. The molecule has 0 aliphatic heterocycles. The summed E-state index contributed by atoms with van der Waals surface area (Å²) in [4.78, 5) is 28.4. The highest BCUT2D eigenvalue weighted by Crippen LogP contribution is 2.47. The number of ether oxygens (including phenoxy) is 1. The Kier molecular flexibility index (Phi) is 5.14. The van der Waals surface area contributed by atoms with Crippen molar-refractivity contribution < 1.29 is 14.3 Å². The predicted octanol–water partition coefficient (Wildman–Crippen LogP) is 3.12. The summed E-state index contributed by atoms with van der Waals surface area (Å²) >= 11 is 6.12. The van der Waals surface area contributed by atoms with Gasteiger partial charge in [0.05, 0.1) is 24.4 Å². The molecular formula is C19H24ClN5O3. The second kappa shape index (κ2) is 7.58. The van der Waals surface area contributed by atoms with Gasteiger partial charge in [0.2, 0.25) is 11.2 Å². The molecule has 0 spiro atoms. The summed E-state index contributed by atoms with van der Waals surface area (Å²) in [7, 11) is 0. The Morgan fingerprint density at radius 2 is 2.00 bits per heavy atom. The number of rotatable bonds is 5. The molecule has 150 valence electrons. The van der Waals surface area contributed by atoms with E-state index in [1.807, 2.05) is 6.92 Å². The second-order valence-corrected chi connectivity index (χ2v) is 7.93. The normalized spacial score (nSPS) is 26.2. The first-order valence-electron chi connectivity index (χ1n) is 9.73. The van der Waals surface area contributed by atoms with Crippen LogP contribution in [0.1, 0.15) is 39.5 Å². The minimum atomic E-state index is -0.189. The molecule has 9 heteroatoms. The van der Waals surface area contributed by atoms with E-state index in [2.05, 4.69) is 20.7 Å². The summed E-state index contributed by atoms with van der Waals surface area (Å²) in [6.07, 6.45) is 5.98. The van der Waals surface area contributed by atoms with Crippen LogP contribution in [0.25, 0.3) is 5.52 Å². The number of hydrogen-bond donors (Lipinski definition) is 2. The quantitative estimate of drug-likeness (QED) is 0.741. The van der Waals surface area contributed by atoms with Crippen LogP contribution in [0.2, 0.25) is 5.28 Å². The fourth-order valence-electron chi connectivity index (χ4n) is 4.74. The number of halogens is 1. The average molecular weight is 406 g/mol. The summed E-state index contributed by atoms with van der Waals surface area (Å²) in [6.45, 7) is 3.66. The molecule has 0 unspecified atom stereocenters. The molecule has 2 atom stereocenters. The first-order valence-corrected chi connectivity index (χ1v) is 10.1. The summed E-state index contributed by atoms with van der Waals surface area (Å²) in [5, 5.41) is 10.5. The predicted molar refractivity (Wildman–Crippen MR) is 105 cm³/mol. The molecule has 28 heavy (non-hydrogen) atoms. The van der Waals surface area contributed by atoms with Gasteiger partial charge in [0.15, 0.2) is 5.82 Å². The number of aromatic nitrogens is 3. The van der Waals surface area contributed by atoms with E-state index in [0.29, 0.717) is 35.5 Å². The van der Waals surface area contributed by atoms with E-state index in [4.69, 9.17) is 16.3 Å². The van der Waals surface area contributed by atoms with E-state index in [1.165, 1.54) is 6.92 Å². The lowest BCUT2D eigenvalue weighted by Crippen LogP contribution is -2.52. The van der Waals surface area contributed by atoms with E-state index in [9.17, 15) is 9.59 Å². The summed E-state index contributed by atoms with van der Waals surface area (Å²) < 4.78 is 6.96. The number of esters is 1. The van der Waals surface area contributed by atoms with Crippen LogP contribution in [0.5, 0.6) is 0 Å². The molecule has 3 saturated carbocycles. The van der Waals surface area contributed by atoms with E-state index in [0.717, 1.165) is 25.7 Å². The maximum atomic E-state index is 12.7. The van der Waals surface area contributed by atoms with Gasteiger partial charge in [-0.3, -0.25) is 9.59 Å². The molecule has 2 aromatic heterocycles. The number of fused-ring (bicyclic) bond motifs is 4. The van der Waals surface area contributed by atoms with Gasteiger partial charge in [-0.15, -0.1) is 5.10 Å². The first-order chi connectivity index (χ1) is 13.5. The molecule has 0 aromatic carbocycles. The molecule has 8 nitrogen and oxygen atoms in total. The van der Waals surface area contributed by atoms with Crippen LogP contribution in [0.3, 0.4) is 0 Å². The highest BCUT2D eigenvalue weighted by Gasteiger charge is 2.48. The van der Waals surface area contributed by atoms with E-state index < -0.39 is 0 Å². The van der Waals surface area contributed by atoms with Gasteiger partial charge in [0.1, 0.15) is 5.52 Å². The molecule has 2 N–H and O–H groups in total. The molecule has 2 aromatic rings. The number of nitrogens with zero attached hydrogens (tertiary/aromatic N) is 3. The number of carbonyl (C=O) groups is 2. The molecule has 3 aliphatic carbocycles. The van der Waals surface area contributed by atoms with Crippen LogP contribution < -0.4 is 10.6 Å². The average Bonchev–Trinajstić information content (AvgIpc) is 3.04. The van der Waals surface area contributed by atoms with Crippen molar-refractivity contribution in [2.75, 3.05) is 17.2 Å². The van der Waals surface area contributed by atoms with Crippen LogP contribution in [0.4, 0.5) is 11.5 Å². The summed E-state index contributed by atoms with van der Waals surface area (Å²) in [5.41, 5.74) is 1.30. The Hall–Kier alpha value is -2.35. The van der Waals surface area contributed by atoms with Gasteiger partial charge in [0, 0.05) is 13.0 Å². The minimum Gasteiger partial charge on any atom is -0.466 e. The zero-order valence-corrected chi connectivity index (χ0v) is 16.7. The number of anilines is 2. The van der Waals surface area contributed by atoms with Crippen molar-refractivity contribution >= 4 is 40.5 Å². The molecular weight excluding hydrogens is 382 g/mol. The Morgan fingerprint density at radius 3 is 2.68 bits per heavy atom. The lowest BCUT2D eigenvalue weighted by Gasteiger charge is -2.47. The largest absolute Gasteiger partial charge is 0.466 e. The van der Waals surface area contributed by atoms with Gasteiger partial charge < -0.3 is 15.4 Å². The van der Waals surface area contributed by atoms with Crippen molar-refractivity contribution in [3.8, 4) is 0 Å². The SMILES string of the molecule is CCOC(=O)[C@H]1C2CCC(CC2)[C@@H]1Nc1nc(Cl)nn2cc(NC(C)=O)cc12. The third-order valence-electron chi connectivity index (χ3n) is 5.84. The standard InChI is InChI=1S/C19H24ClN5O3/c1-3-28-18(27)15-11-4-6-12(7-5-11)16(15)22-17-14-8-13(21-10(2)26)9-25(14)24-19(20)23-17/h8-9,11-12,15-16H,3-7H2,1-2H3,(H,21,26)(H,22,23,24)/t11?,12?,15-,16-/m0/s1. The third kappa shape index (κ3) is 3.53. The van der Waals surface area contributed by atoms with Gasteiger partial charge in [-0.2, -0.15) is 4.98 Å². The van der Waals surface area contributed by atoms with Gasteiger partial charge >= 0.3 is 5.97 Å². The Balaban J connectivity index is 1.68. The summed E-state index contributed by atoms with van der Waals surface area (Å²) in [6, 6.07) is 1.74. The number of hydrogen-bond acceptors (Lipinski definition) is 6. The molecule has 2 heterocycles. The zero-order chi connectivity index (χ0) is 19.8. The van der Waals surface area contributed by atoms with Crippen molar-refractivity contribution in [2.45, 2.75) is 45.6 Å². The van der Waals surface area contributed by atoms with Crippen LogP contribution in [0.15, 0.2) is 12.3 Å². The van der Waals surface area contributed by atoms with Gasteiger partial charge in [-0.1, -0.05) is 0 Å². The monoisotopic (exact) mass is 405 g/mol. The Morgan fingerprint density at radius 1 is 1.29 bits per heavy atom. The molecule has 2 bridgehead atoms. The van der Waals surface area contributed by atoms with Crippen molar-refractivity contribution in [3.05, 3.63) is 17.5 Å². The van der Waals surface area contributed by atoms with Crippen molar-refractivity contribution in [2.24, 2.45) is 17.8 Å². The molecule has 5 rings (SSSR count). The highest BCUT2D eigenvalue weighted by molar-refractivity contribution is 6.28. The third-order valence-corrected chi connectivity index (χ3v) is 6.00. The van der Waals surface area contributed by atoms with Crippen molar-refractivity contribution in [1.29, 1.82) is 0 Å².